The molecule has 0 aliphatic heterocycles. The Bertz CT molecular complexity index is 773. The second kappa shape index (κ2) is 9.46. The fraction of sp³-hybridized carbons (Fsp3) is 0.300. The summed E-state index contributed by atoms with van der Waals surface area (Å²) in [7, 11) is 2.90. The first kappa shape index (κ1) is 19.3. The van der Waals surface area contributed by atoms with Crippen LogP contribution in [0.5, 0.6) is 11.5 Å². The zero-order valence-corrected chi connectivity index (χ0v) is 15.2. The molecule has 0 unspecified atom stereocenters. The van der Waals surface area contributed by atoms with Gasteiger partial charge in [0.05, 0.1) is 26.4 Å². The molecule has 0 aliphatic rings. The molecule has 0 bridgehead atoms. The topological polar surface area (TPSA) is 73.9 Å². The number of hydrogen-bond donors (Lipinski definition) is 1. The van der Waals surface area contributed by atoms with Crippen molar-refractivity contribution in [3.63, 3.8) is 0 Å². The Morgan fingerprint density at radius 3 is 2.54 bits per heavy atom. The van der Waals surface area contributed by atoms with Crippen LogP contribution < -0.4 is 14.8 Å². The normalized spacial score (nSPS) is 10.1. The number of aryl methyl sites for hydroxylation is 1. The smallest absolute Gasteiger partial charge is 0.337 e. The number of esters is 1. The van der Waals surface area contributed by atoms with Crippen molar-refractivity contribution < 1.29 is 23.8 Å². The largest absolute Gasteiger partial charge is 0.493 e. The lowest BCUT2D eigenvalue weighted by Gasteiger charge is -2.11. The van der Waals surface area contributed by atoms with Crippen molar-refractivity contribution in [2.75, 3.05) is 26.1 Å². The molecule has 0 spiro atoms. The SMILES string of the molecule is CCOc1ccc(CCC(=O)Nc2cccc(C(=O)OC)c2)cc1OC. The van der Waals surface area contributed by atoms with E-state index in [9.17, 15) is 9.59 Å². The molecule has 2 aromatic carbocycles. The van der Waals surface area contributed by atoms with Gasteiger partial charge in [-0.15, -0.1) is 0 Å². The number of methoxy groups -OCH3 is 2. The predicted molar refractivity (Wildman–Crippen MR) is 98.9 cm³/mol. The summed E-state index contributed by atoms with van der Waals surface area (Å²) < 4.78 is 15.5. The van der Waals surface area contributed by atoms with Crippen LogP contribution in [0.2, 0.25) is 0 Å². The van der Waals surface area contributed by atoms with Crippen molar-refractivity contribution in [3.05, 3.63) is 53.6 Å². The van der Waals surface area contributed by atoms with Crippen molar-refractivity contribution in [1.29, 1.82) is 0 Å². The molecular formula is C20H23NO5. The highest BCUT2D eigenvalue weighted by Crippen LogP contribution is 2.28. The standard InChI is InChI=1S/C20H23NO5/c1-4-26-17-10-8-14(12-18(17)24-2)9-11-19(22)21-16-7-5-6-15(13-16)20(23)25-3/h5-8,10,12-13H,4,9,11H2,1-3H3,(H,21,22). The molecule has 0 atom stereocenters. The molecule has 0 fully saturated rings. The molecule has 0 saturated carbocycles. The summed E-state index contributed by atoms with van der Waals surface area (Å²) in [5, 5.41) is 2.79. The van der Waals surface area contributed by atoms with Crippen LogP contribution in [0.3, 0.4) is 0 Å². The van der Waals surface area contributed by atoms with Crippen LogP contribution in [-0.4, -0.2) is 32.7 Å². The minimum absolute atomic E-state index is 0.139. The summed E-state index contributed by atoms with van der Waals surface area (Å²) in [6.45, 7) is 2.47. The fourth-order valence-corrected chi connectivity index (χ4v) is 2.47. The van der Waals surface area contributed by atoms with Gasteiger partial charge in [-0.05, 0) is 49.2 Å². The van der Waals surface area contributed by atoms with E-state index in [1.807, 2.05) is 25.1 Å². The maximum atomic E-state index is 12.2. The van der Waals surface area contributed by atoms with E-state index in [0.717, 1.165) is 5.56 Å². The van der Waals surface area contributed by atoms with Crippen LogP contribution in [0.15, 0.2) is 42.5 Å². The molecule has 138 valence electrons. The lowest BCUT2D eigenvalue weighted by atomic mass is 10.1. The summed E-state index contributed by atoms with van der Waals surface area (Å²) in [4.78, 5) is 23.7. The van der Waals surface area contributed by atoms with E-state index >= 15 is 0 Å². The molecule has 0 heterocycles. The molecule has 2 rings (SSSR count). The predicted octanol–water partition coefficient (Wildman–Crippen LogP) is 3.45. The van der Waals surface area contributed by atoms with Crippen molar-refractivity contribution in [1.82, 2.24) is 0 Å². The highest BCUT2D eigenvalue weighted by Gasteiger charge is 2.10. The Morgan fingerprint density at radius 2 is 1.85 bits per heavy atom. The van der Waals surface area contributed by atoms with E-state index in [1.54, 1.807) is 31.4 Å². The summed E-state index contributed by atoms with van der Waals surface area (Å²) in [6, 6.07) is 12.3. The molecule has 0 saturated heterocycles. The molecule has 0 aromatic heterocycles. The number of ether oxygens (including phenoxy) is 3. The number of benzene rings is 2. The van der Waals surface area contributed by atoms with E-state index in [0.29, 0.717) is 42.2 Å². The molecule has 6 nitrogen and oxygen atoms in total. The highest BCUT2D eigenvalue weighted by atomic mass is 16.5. The van der Waals surface area contributed by atoms with Gasteiger partial charge in [-0.2, -0.15) is 0 Å². The van der Waals surface area contributed by atoms with Crippen molar-refractivity contribution in [2.45, 2.75) is 19.8 Å². The van der Waals surface area contributed by atoms with Gasteiger partial charge in [0.15, 0.2) is 11.5 Å². The third-order valence-electron chi connectivity index (χ3n) is 3.74. The van der Waals surface area contributed by atoms with Crippen molar-refractivity contribution >= 4 is 17.6 Å². The van der Waals surface area contributed by atoms with Gasteiger partial charge in [-0.25, -0.2) is 4.79 Å². The first-order chi connectivity index (χ1) is 12.6. The van der Waals surface area contributed by atoms with Crippen LogP contribution in [0, 0.1) is 0 Å². The number of anilines is 1. The second-order valence-corrected chi connectivity index (χ2v) is 5.54. The van der Waals surface area contributed by atoms with Gasteiger partial charge in [0.2, 0.25) is 5.91 Å². The Morgan fingerprint density at radius 1 is 1.04 bits per heavy atom. The lowest BCUT2D eigenvalue weighted by Crippen LogP contribution is -2.13. The molecule has 1 N–H and O–H groups in total. The number of amides is 1. The van der Waals surface area contributed by atoms with E-state index < -0.39 is 5.97 Å². The van der Waals surface area contributed by atoms with E-state index in [1.165, 1.54) is 7.11 Å². The number of rotatable bonds is 8. The zero-order chi connectivity index (χ0) is 18.9. The van der Waals surface area contributed by atoms with Gasteiger partial charge in [0.1, 0.15) is 0 Å². The Kier molecular flexibility index (Phi) is 7.02. The lowest BCUT2D eigenvalue weighted by molar-refractivity contribution is -0.116. The molecule has 1 amide bonds. The van der Waals surface area contributed by atoms with Gasteiger partial charge < -0.3 is 19.5 Å². The average molecular weight is 357 g/mol. The van der Waals surface area contributed by atoms with Gasteiger partial charge in [-0.3, -0.25) is 4.79 Å². The minimum Gasteiger partial charge on any atom is -0.493 e. The van der Waals surface area contributed by atoms with Crippen LogP contribution in [0.25, 0.3) is 0 Å². The first-order valence-corrected chi connectivity index (χ1v) is 8.35. The van der Waals surface area contributed by atoms with Gasteiger partial charge in [0, 0.05) is 12.1 Å². The van der Waals surface area contributed by atoms with Crippen LogP contribution >= 0.6 is 0 Å². The number of carbonyl (C=O) groups excluding carboxylic acids is 2. The van der Waals surface area contributed by atoms with Crippen LogP contribution in [0.1, 0.15) is 29.3 Å². The third-order valence-corrected chi connectivity index (χ3v) is 3.74. The first-order valence-electron chi connectivity index (χ1n) is 8.35. The average Bonchev–Trinajstić information content (AvgIpc) is 2.67. The maximum absolute atomic E-state index is 12.2. The molecule has 2 aromatic rings. The monoisotopic (exact) mass is 357 g/mol. The Hall–Kier alpha value is -3.02. The van der Waals surface area contributed by atoms with Gasteiger partial charge in [0.25, 0.3) is 0 Å². The molecule has 0 aliphatic carbocycles. The fourth-order valence-electron chi connectivity index (χ4n) is 2.47. The Labute approximate surface area is 153 Å². The number of hydrogen-bond acceptors (Lipinski definition) is 5. The Balaban J connectivity index is 1.95. The molecule has 6 heteroatoms. The second-order valence-electron chi connectivity index (χ2n) is 5.54. The highest BCUT2D eigenvalue weighted by molar-refractivity contribution is 5.94. The summed E-state index contributed by atoms with van der Waals surface area (Å²) >= 11 is 0. The maximum Gasteiger partial charge on any atom is 0.337 e. The molecule has 26 heavy (non-hydrogen) atoms. The van der Waals surface area contributed by atoms with Crippen LogP contribution in [-0.2, 0) is 16.0 Å². The van der Waals surface area contributed by atoms with Gasteiger partial charge >= 0.3 is 5.97 Å². The summed E-state index contributed by atoms with van der Waals surface area (Å²) in [5.41, 5.74) is 1.92. The van der Waals surface area contributed by atoms with E-state index in [2.05, 4.69) is 10.1 Å². The van der Waals surface area contributed by atoms with Crippen LogP contribution in [0.4, 0.5) is 5.69 Å². The summed E-state index contributed by atoms with van der Waals surface area (Å²) in [5.74, 6) is 0.751. The summed E-state index contributed by atoms with van der Waals surface area (Å²) in [6.07, 6.45) is 0.866. The van der Waals surface area contributed by atoms with E-state index in [4.69, 9.17) is 9.47 Å². The third kappa shape index (κ3) is 5.24. The zero-order valence-electron chi connectivity index (χ0n) is 15.2. The molecule has 0 radical (unpaired) electrons. The van der Waals surface area contributed by atoms with Crippen molar-refractivity contribution in [3.8, 4) is 11.5 Å². The van der Waals surface area contributed by atoms with Gasteiger partial charge in [-0.1, -0.05) is 12.1 Å². The van der Waals surface area contributed by atoms with Crippen molar-refractivity contribution in [2.24, 2.45) is 0 Å². The minimum atomic E-state index is -0.442. The quantitative estimate of drug-likeness (QED) is 0.733. The number of nitrogens with one attached hydrogen (secondary N) is 1. The number of carbonyl (C=O) groups is 2. The van der Waals surface area contributed by atoms with E-state index in [-0.39, 0.29) is 5.91 Å². The molecular weight excluding hydrogens is 334 g/mol.